The van der Waals surface area contributed by atoms with Crippen molar-refractivity contribution in [3.8, 4) is 0 Å². The molecule has 0 spiro atoms. The molecule has 0 unspecified atom stereocenters. The predicted octanol–water partition coefficient (Wildman–Crippen LogP) is 4.53. The van der Waals surface area contributed by atoms with Crippen molar-refractivity contribution in [2.45, 2.75) is 4.90 Å². The second kappa shape index (κ2) is 7.94. The number of rotatable bonds is 5. The zero-order chi connectivity index (χ0) is 19.4. The number of sulfonamides is 1. The van der Waals surface area contributed by atoms with Crippen molar-refractivity contribution in [1.29, 1.82) is 0 Å². The van der Waals surface area contributed by atoms with E-state index in [9.17, 15) is 13.2 Å². The summed E-state index contributed by atoms with van der Waals surface area (Å²) in [5, 5.41) is 2.73. The van der Waals surface area contributed by atoms with Crippen molar-refractivity contribution in [2.24, 2.45) is 0 Å². The van der Waals surface area contributed by atoms with Crippen LogP contribution in [0.5, 0.6) is 0 Å². The summed E-state index contributed by atoms with van der Waals surface area (Å²) in [5.74, 6) is -0.317. The van der Waals surface area contributed by atoms with Crippen LogP contribution in [0.2, 0.25) is 0 Å². The summed E-state index contributed by atoms with van der Waals surface area (Å²) in [7, 11) is -2.25. The average molecular weight is 445 g/mol. The number of nitrogens with zero attached hydrogens (tertiary/aromatic N) is 1. The SMILES string of the molecule is CN(c1ccccc1)S(=O)(=O)c1cccc(NC(=O)c2cccc(Br)c2)c1. The fourth-order valence-corrected chi connectivity index (χ4v) is 4.14. The summed E-state index contributed by atoms with van der Waals surface area (Å²) >= 11 is 3.33. The Labute approximate surface area is 166 Å². The van der Waals surface area contributed by atoms with Crippen LogP contribution in [-0.2, 0) is 10.0 Å². The first-order valence-electron chi connectivity index (χ1n) is 8.09. The lowest BCUT2D eigenvalue weighted by molar-refractivity contribution is 0.102. The number of benzene rings is 3. The van der Waals surface area contributed by atoms with Gasteiger partial charge in [0.1, 0.15) is 0 Å². The van der Waals surface area contributed by atoms with Crippen LogP contribution in [0.4, 0.5) is 11.4 Å². The van der Waals surface area contributed by atoms with Crippen LogP contribution < -0.4 is 9.62 Å². The van der Waals surface area contributed by atoms with E-state index in [0.717, 1.165) is 4.47 Å². The third kappa shape index (κ3) is 4.37. The molecule has 0 heterocycles. The van der Waals surface area contributed by atoms with Gasteiger partial charge in [-0.2, -0.15) is 0 Å². The molecule has 0 aliphatic heterocycles. The van der Waals surface area contributed by atoms with E-state index in [1.807, 2.05) is 12.1 Å². The fraction of sp³-hybridized carbons (Fsp3) is 0.0500. The number of hydrogen-bond acceptors (Lipinski definition) is 3. The van der Waals surface area contributed by atoms with Gasteiger partial charge in [-0.05, 0) is 48.5 Å². The van der Waals surface area contributed by atoms with E-state index < -0.39 is 10.0 Å². The number of anilines is 2. The number of carbonyl (C=O) groups is 1. The Bertz CT molecular complexity index is 1070. The molecule has 0 fully saturated rings. The summed E-state index contributed by atoms with van der Waals surface area (Å²) in [5.41, 5.74) is 1.43. The Hall–Kier alpha value is -2.64. The largest absolute Gasteiger partial charge is 0.322 e. The summed E-state index contributed by atoms with van der Waals surface area (Å²) in [6.07, 6.45) is 0. The van der Waals surface area contributed by atoms with E-state index in [2.05, 4.69) is 21.2 Å². The molecule has 7 heteroatoms. The molecule has 0 atom stereocenters. The van der Waals surface area contributed by atoms with Gasteiger partial charge in [-0.3, -0.25) is 9.10 Å². The summed E-state index contributed by atoms with van der Waals surface area (Å²) < 4.78 is 27.8. The highest BCUT2D eigenvalue weighted by molar-refractivity contribution is 9.10. The third-order valence-corrected chi connectivity index (χ3v) is 6.23. The molecule has 3 aromatic carbocycles. The molecule has 0 aliphatic carbocycles. The van der Waals surface area contributed by atoms with Crippen molar-refractivity contribution >= 4 is 43.2 Å². The molecule has 0 radical (unpaired) electrons. The minimum Gasteiger partial charge on any atom is -0.322 e. The maximum Gasteiger partial charge on any atom is 0.264 e. The van der Waals surface area contributed by atoms with Crippen molar-refractivity contribution in [2.75, 3.05) is 16.7 Å². The Balaban J connectivity index is 1.86. The number of halogens is 1. The van der Waals surface area contributed by atoms with E-state index in [1.54, 1.807) is 54.6 Å². The Morgan fingerprint density at radius 1 is 0.926 bits per heavy atom. The highest BCUT2D eigenvalue weighted by Gasteiger charge is 2.21. The Morgan fingerprint density at radius 2 is 1.63 bits per heavy atom. The molecule has 0 aliphatic rings. The molecule has 0 aromatic heterocycles. The summed E-state index contributed by atoms with van der Waals surface area (Å²) in [6.45, 7) is 0. The molecule has 1 amide bonds. The molecular weight excluding hydrogens is 428 g/mol. The lowest BCUT2D eigenvalue weighted by Gasteiger charge is -2.19. The van der Waals surface area contributed by atoms with Gasteiger partial charge in [0.25, 0.3) is 15.9 Å². The minimum atomic E-state index is -3.75. The van der Waals surface area contributed by atoms with Crippen LogP contribution >= 0.6 is 15.9 Å². The Morgan fingerprint density at radius 3 is 2.33 bits per heavy atom. The summed E-state index contributed by atoms with van der Waals surface area (Å²) in [6, 6.07) is 22.0. The van der Waals surface area contributed by atoms with Gasteiger partial charge in [-0.15, -0.1) is 0 Å². The monoisotopic (exact) mass is 444 g/mol. The normalized spacial score (nSPS) is 11.0. The van der Waals surface area contributed by atoms with Gasteiger partial charge in [-0.25, -0.2) is 8.42 Å². The number of nitrogens with one attached hydrogen (secondary N) is 1. The average Bonchev–Trinajstić information content (AvgIpc) is 2.68. The van der Waals surface area contributed by atoms with Crippen molar-refractivity contribution in [3.05, 3.63) is 88.9 Å². The first-order chi connectivity index (χ1) is 12.9. The van der Waals surface area contributed by atoms with Gasteiger partial charge < -0.3 is 5.32 Å². The van der Waals surface area contributed by atoms with E-state index in [-0.39, 0.29) is 10.8 Å². The van der Waals surface area contributed by atoms with Gasteiger partial charge in [0.05, 0.1) is 10.6 Å². The highest BCUT2D eigenvalue weighted by Crippen LogP contribution is 2.24. The minimum absolute atomic E-state index is 0.0981. The predicted molar refractivity (Wildman–Crippen MR) is 111 cm³/mol. The van der Waals surface area contributed by atoms with E-state index in [1.165, 1.54) is 23.5 Å². The number of carbonyl (C=O) groups excluding carboxylic acids is 1. The Kier molecular flexibility index (Phi) is 5.62. The molecule has 5 nitrogen and oxygen atoms in total. The second-order valence-corrected chi connectivity index (χ2v) is 8.69. The van der Waals surface area contributed by atoms with Crippen molar-refractivity contribution in [3.63, 3.8) is 0 Å². The van der Waals surface area contributed by atoms with Crippen LogP contribution in [0.15, 0.2) is 88.2 Å². The van der Waals surface area contributed by atoms with Gasteiger partial charge in [-0.1, -0.05) is 46.3 Å². The molecule has 3 aromatic rings. The van der Waals surface area contributed by atoms with Crippen molar-refractivity contribution in [1.82, 2.24) is 0 Å². The van der Waals surface area contributed by atoms with Crippen molar-refractivity contribution < 1.29 is 13.2 Å². The first kappa shape index (κ1) is 19.1. The lowest BCUT2D eigenvalue weighted by Crippen LogP contribution is -2.26. The zero-order valence-corrected chi connectivity index (χ0v) is 16.9. The van der Waals surface area contributed by atoms with Gasteiger partial charge in [0, 0.05) is 22.8 Å². The summed E-state index contributed by atoms with van der Waals surface area (Å²) in [4.78, 5) is 12.5. The van der Waals surface area contributed by atoms with Gasteiger partial charge in [0.2, 0.25) is 0 Å². The van der Waals surface area contributed by atoms with Crippen LogP contribution in [-0.4, -0.2) is 21.4 Å². The molecular formula is C20H17BrN2O3S. The van der Waals surface area contributed by atoms with Crippen LogP contribution in [0.1, 0.15) is 10.4 Å². The van der Waals surface area contributed by atoms with E-state index >= 15 is 0 Å². The standard InChI is InChI=1S/C20H17BrN2O3S/c1-23(18-10-3-2-4-11-18)27(25,26)19-12-6-9-17(14-19)22-20(24)15-7-5-8-16(21)13-15/h2-14H,1H3,(H,22,24). The quantitative estimate of drug-likeness (QED) is 0.628. The zero-order valence-electron chi connectivity index (χ0n) is 14.5. The fourth-order valence-electron chi connectivity index (χ4n) is 2.50. The smallest absolute Gasteiger partial charge is 0.264 e. The number of hydrogen-bond donors (Lipinski definition) is 1. The second-order valence-electron chi connectivity index (χ2n) is 5.80. The molecule has 0 saturated heterocycles. The number of para-hydroxylation sites is 1. The van der Waals surface area contributed by atoms with Crippen LogP contribution in [0, 0.1) is 0 Å². The lowest BCUT2D eigenvalue weighted by atomic mass is 10.2. The topological polar surface area (TPSA) is 66.5 Å². The maximum absolute atomic E-state index is 12.9. The van der Waals surface area contributed by atoms with Crippen LogP contribution in [0.3, 0.4) is 0 Å². The highest BCUT2D eigenvalue weighted by atomic mass is 79.9. The third-order valence-electron chi connectivity index (χ3n) is 3.96. The maximum atomic E-state index is 12.9. The van der Waals surface area contributed by atoms with Crippen LogP contribution in [0.25, 0.3) is 0 Å². The van der Waals surface area contributed by atoms with E-state index in [4.69, 9.17) is 0 Å². The first-order valence-corrected chi connectivity index (χ1v) is 10.3. The van der Waals surface area contributed by atoms with Gasteiger partial charge >= 0.3 is 0 Å². The molecule has 0 saturated carbocycles. The number of amides is 1. The van der Waals surface area contributed by atoms with E-state index in [0.29, 0.717) is 16.9 Å². The molecule has 0 bridgehead atoms. The molecule has 27 heavy (non-hydrogen) atoms. The molecule has 138 valence electrons. The van der Waals surface area contributed by atoms with Gasteiger partial charge in [0.15, 0.2) is 0 Å². The molecule has 1 N–H and O–H groups in total. The molecule has 3 rings (SSSR count).